The monoisotopic (exact) mass is 293 g/mol. The molecule has 0 bridgehead atoms. The van der Waals surface area contributed by atoms with E-state index in [1.165, 1.54) is 19.6 Å². The molecule has 21 heavy (non-hydrogen) atoms. The van der Waals surface area contributed by atoms with Gasteiger partial charge in [-0.05, 0) is 25.3 Å². The first-order valence-electron chi connectivity index (χ1n) is 7.16. The highest BCUT2D eigenvalue weighted by Crippen LogP contribution is 2.40. The minimum Gasteiger partial charge on any atom is -0.476 e. The van der Waals surface area contributed by atoms with Gasteiger partial charge in [-0.3, -0.25) is 10.1 Å². The van der Waals surface area contributed by atoms with Crippen molar-refractivity contribution in [1.82, 2.24) is 4.98 Å². The average molecular weight is 293 g/mol. The molecule has 0 radical (unpaired) electrons. The van der Waals surface area contributed by atoms with E-state index in [1.54, 1.807) is 6.07 Å². The lowest BCUT2D eigenvalue weighted by molar-refractivity contribution is -0.386. The van der Waals surface area contributed by atoms with E-state index in [2.05, 4.69) is 9.88 Å². The lowest BCUT2D eigenvalue weighted by atomic mass is 9.82. The Morgan fingerprint density at radius 3 is 3.00 bits per heavy atom. The molecule has 1 spiro atoms. The van der Waals surface area contributed by atoms with Gasteiger partial charge in [0.1, 0.15) is 5.82 Å². The number of aromatic nitrogens is 1. The van der Waals surface area contributed by atoms with Crippen molar-refractivity contribution < 1.29 is 14.4 Å². The van der Waals surface area contributed by atoms with E-state index in [9.17, 15) is 10.1 Å². The van der Waals surface area contributed by atoms with Gasteiger partial charge in [0, 0.05) is 31.2 Å². The maximum absolute atomic E-state index is 10.9. The van der Waals surface area contributed by atoms with Crippen LogP contribution in [0.25, 0.3) is 0 Å². The van der Waals surface area contributed by atoms with Gasteiger partial charge in [0.05, 0.1) is 18.6 Å². The summed E-state index contributed by atoms with van der Waals surface area (Å²) in [6, 6.07) is 3.16. The fraction of sp³-hybridized carbons (Fsp3) is 0.643. The molecule has 0 N–H and O–H groups in total. The summed E-state index contributed by atoms with van der Waals surface area (Å²) in [7, 11) is 1.40. The normalized spacial score (nSPS) is 25.3. The third kappa shape index (κ3) is 2.65. The molecule has 2 fully saturated rings. The number of hydrogen-bond acceptors (Lipinski definition) is 6. The van der Waals surface area contributed by atoms with Crippen LogP contribution in [0.15, 0.2) is 12.1 Å². The first-order valence-corrected chi connectivity index (χ1v) is 7.16. The minimum absolute atomic E-state index is 0.0679. The van der Waals surface area contributed by atoms with Crippen molar-refractivity contribution >= 4 is 11.5 Å². The summed E-state index contributed by atoms with van der Waals surface area (Å²) in [4.78, 5) is 16.9. The summed E-state index contributed by atoms with van der Waals surface area (Å²) in [6.45, 7) is 3.44. The molecule has 2 saturated heterocycles. The fourth-order valence-corrected chi connectivity index (χ4v) is 3.25. The van der Waals surface area contributed by atoms with E-state index in [0.29, 0.717) is 0 Å². The topological polar surface area (TPSA) is 77.7 Å². The Kier molecular flexibility index (Phi) is 3.67. The molecule has 114 valence electrons. The Labute approximate surface area is 123 Å². The van der Waals surface area contributed by atoms with Crippen molar-refractivity contribution in [3.8, 4) is 5.88 Å². The lowest BCUT2D eigenvalue weighted by Gasteiger charge is -2.33. The summed E-state index contributed by atoms with van der Waals surface area (Å²) in [5, 5.41) is 10.9. The van der Waals surface area contributed by atoms with Crippen LogP contribution in [0.3, 0.4) is 0 Å². The molecule has 0 saturated carbocycles. The summed E-state index contributed by atoms with van der Waals surface area (Å²) in [5.74, 6) is 0.804. The molecule has 7 heteroatoms. The average Bonchev–Trinajstić information content (AvgIpc) is 2.91. The van der Waals surface area contributed by atoms with Crippen LogP contribution in [0.1, 0.15) is 19.3 Å². The quantitative estimate of drug-likeness (QED) is 0.626. The van der Waals surface area contributed by atoms with E-state index < -0.39 is 4.92 Å². The fourth-order valence-electron chi connectivity index (χ4n) is 3.25. The van der Waals surface area contributed by atoms with Crippen LogP contribution in [0.5, 0.6) is 5.88 Å². The Hall–Kier alpha value is -1.89. The van der Waals surface area contributed by atoms with Gasteiger partial charge in [0.15, 0.2) is 0 Å². The lowest BCUT2D eigenvalue weighted by Crippen LogP contribution is -2.35. The van der Waals surface area contributed by atoms with E-state index in [0.717, 1.165) is 45.0 Å². The highest BCUT2D eigenvalue weighted by Gasteiger charge is 2.40. The maximum Gasteiger partial charge on any atom is 0.331 e. The second kappa shape index (κ2) is 5.48. The first-order chi connectivity index (χ1) is 10.1. The highest BCUT2D eigenvalue weighted by atomic mass is 16.6. The van der Waals surface area contributed by atoms with Gasteiger partial charge < -0.3 is 14.4 Å². The Morgan fingerprint density at radius 2 is 2.33 bits per heavy atom. The van der Waals surface area contributed by atoms with Crippen molar-refractivity contribution in [2.45, 2.75) is 19.3 Å². The van der Waals surface area contributed by atoms with Crippen LogP contribution in [-0.4, -0.2) is 43.3 Å². The van der Waals surface area contributed by atoms with E-state index in [1.807, 2.05) is 0 Å². The SMILES string of the molecule is COc1nc(N2CCC3(CCCOC3)C2)ccc1[N+](=O)[O-]. The number of rotatable bonds is 3. The Balaban J connectivity index is 1.80. The molecule has 1 aromatic heterocycles. The van der Waals surface area contributed by atoms with Crippen LogP contribution in [0, 0.1) is 15.5 Å². The predicted octanol–water partition coefficient (Wildman–Crippen LogP) is 2.01. The van der Waals surface area contributed by atoms with Crippen molar-refractivity contribution in [2.24, 2.45) is 5.41 Å². The van der Waals surface area contributed by atoms with Gasteiger partial charge in [-0.15, -0.1) is 0 Å². The summed E-state index contributed by atoms with van der Waals surface area (Å²) in [5.41, 5.74) is 0.116. The van der Waals surface area contributed by atoms with Gasteiger partial charge in [0.2, 0.25) is 0 Å². The zero-order valence-corrected chi connectivity index (χ0v) is 12.1. The van der Waals surface area contributed by atoms with Crippen molar-refractivity contribution in [3.05, 3.63) is 22.2 Å². The molecule has 3 rings (SSSR count). The molecule has 1 unspecified atom stereocenters. The van der Waals surface area contributed by atoms with Gasteiger partial charge in [-0.1, -0.05) is 0 Å². The number of ether oxygens (including phenoxy) is 2. The molecule has 3 heterocycles. The van der Waals surface area contributed by atoms with Crippen LogP contribution in [0.4, 0.5) is 11.5 Å². The van der Waals surface area contributed by atoms with E-state index in [-0.39, 0.29) is 17.0 Å². The summed E-state index contributed by atoms with van der Waals surface area (Å²) in [6.07, 6.45) is 3.35. The smallest absolute Gasteiger partial charge is 0.331 e. The minimum atomic E-state index is -0.476. The second-order valence-corrected chi connectivity index (χ2v) is 5.78. The van der Waals surface area contributed by atoms with Gasteiger partial charge in [-0.2, -0.15) is 4.98 Å². The highest BCUT2D eigenvalue weighted by molar-refractivity contribution is 5.51. The van der Waals surface area contributed by atoms with Crippen molar-refractivity contribution in [2.75, 3.05) is 38.3 Å². The van der Waals surface area contributed by atoms with Crippen LogP contribution >= 0.6 is 0 Å². The third-order valence-electron chi connectivity index (χ3n) is 4.38. The predicted molar refractivity (Wildman–Crippen MR) is 76.8 cm³/mol. The number of nitro groups is 1. The zero-order valence-electron chi connectivity index (χ0n) is 12.1. The number of anilines is 1. The molecule has 1 atom stereocenters. The van der Waals surface area contributed by atoms with E-state index >= 15 is 0 Å². The van der Waals surface area contributed by atoms with Crippen LogP contribution in [0.2, 0.25) is 0 Å². The van der Waals surface area contributed by atoms with Crippen LogP contribution in [-0.2, 0) is 4.74 Å². The first kappa shape index (κ1) is 14.1. The summed E-state index contributed by atoms with van der Waals surface area (Å²) < 4.78 is 10.7. The van der Waals surface area contributed by atoms with Crippen molar-refractivity contribution in [3.63, 3.8) is 0 Å². The molecule has 1 aromatic rings. The van der Waals surface area contributed by atoms with Gasteiger partial charge >= 0.3 is 5.69 Å². The molecular weight excluding hydrogens is 274 g/mol. The van der Waals surface area contributed by atoms with Gasteiger partial charge in [0.25, 0.3) is 5.88 Å². The molecule has 0 aliphatic carbocycles. The summed E-state index contributed by atoms with van der Waals surface area (Å²) >= 11 is 0. The number of nitrogens with zero attached hydrogens (tertiary/aromatic N) is 3. The van der Waals surface area contributed by atoms with Crippen molar-refractivity contribution in [1.29, 1.82) is 0 Å². The molecule has 2 aliphatic rings. The van der Waals surface area contributed by atoms with E-state index in [4.69, 9.17) is 9.47 Å². The standard InChI is InChI=1S/C14H19N3O4/c1-20-13-11(17(18)19)3-4-12(15-13)16-7-6-14(9-16)5-2-8-21-10-14/h3-4H,2,5-10H2,1H3. The Morgan fingerprint density at radius 1 is 1.48 bits per heavy atom. The molecule has 0 aromatic carbocycles. The molecular formula is C14H19N3O4. The number of pyridine rings is 1. The van der Waals surface area contributed by atoms with Crippen LogP contribution < -0.4 is 9.64 Å². The maximum atomic E-state index is 10.9. The zero-order chi connectivity index (χ0) is 14.9. The Bertz CT molecular complexity index is 543. The largest absolute Gasteiger partial charge is 0.476 e. The number of methoxy groups -OCH3 is 1. The number of hydrogen-bond donors (Lipinski definition) is 0. The second-order valence-electron chi connectivity index (χ2n) is 5.78. The molecule has 2 aliphatic heterocycles. The molecule has 0 amide bonds. The third-order valence-corrected chi connectivity index (χ3v) is 4.38. The molecule has 7 nitrogen and oxygen atoms in total. The van der Waals surface area contributed by atoms with Gasteiger partial charge in [-0.25, -0.2) is 0 Å².